The predicted octanol–water partition coefficient (Wildman–Crippen LogP) is 38.0. The maximum absolute atomic E-state index is 10.9. The third kappa shape index (κ3) is 61.5. The molecule has 9 aromatic carbocycles. The average Bonchev–Trinajstić information content (AvgIpc) is 1.65. The van der Waals surface area contributed by atoms with Crippen molar-refractivity contribution in [1.29, 1.82) is 0 Å². The number of hydrogen-bond acceptors (Lipinski definition) is 7. The summed E-state index contributed by atoms with van der Waals surface area (Å²) in [5, 5.41) is 39.0. The van der Waals surface area contributed by atoms with E-state index >= 15 is 0 Å². The predicted molar refractivity (Wildman–Crippen MR) is 626 cm³/mol. The maximum atomic E-state index is 10.9. The number of carboxylic acids is 3. The van der Waals surface area contributed by atoms with Crippen LogP contribution in [0.4, 0.5) is 0 Å². The Bertz CT molecular complexity index is 4730. The molecule has 145 heavy (non-hydrogen) atoms. The van der Waals surface area contributed by atoms with Crippen LogP contribution in [0.3, 0.4) is 0 Å². The summed E-state index contributed by atoms with van der Waals surface area (Å²) in [7, 11) is 0. The highest BCUT2D eigenvalue weighted by atomic mass is 32.1. The minimum atomic E-state index is -0.833. The summed E-state index contributed by atoms with van der Waals surface area (Å²) >= 11 is 1.78. The lowest BCUT2D eigenvalue weighted by atomic mass is 9.71. The number of benzene rings is 9. The molecule has 4 fully saturated rings. The smallest absolute Gasteiger partial charge is 0.307 e. The van der Waals surface area contributed by atoms with E-state index in [4.69, 9.17) is 29.6 Å². The summed E-state index contributed by atoms with van der Waals surface area (Å²) in [5.41, 5.74) is 15.0. The topological polar surface area (TPSA) is 151 Å². The Kier molecular flexibility index (Phi) is 68.1. The van der Waals surface area contributed by atoms with Gasteiger partial charge < -0.3 is 29.9 Å². The van der Waals surface area contributed by atoms with Crippen molar-refractivity contribution in [2.75, 3.05) is 6.61 Å². The van der Waals surface area contributed by atoms with E-state index in [-0.39, 0.29) is 42.7 Å². The summed E-state index contributed by atoms with van der Waals surface area (Å²) < 4.78 is 11.8. The Hall–Kier alpha value is -9.03. The number of hydrogen-bond donors (Lipinski definition) is 4. The van der Waals surface area contributed by atoms with Crippen LogP contribution in [0.5, 0.6) is 0 Å². The molecule has 0 spiro atoms. The van der Waals surface area contributed by atoms with Gasteiger partial charge in [0.1, 0.15) is 0 Å². The number of aliphatic hydroxyl groups excluding tert-OH is 1. The summed E-state index contributed by atoms with van der Waals surface area (Å²) in [4.78, 5) is 30.4. The van der Waals surface area contributed by atoms with Crippen LogP contribution < -0.4 is 0 Å². The molecule has 1 aromatic heterocycles. The van der Waals surface area contributed by atoms with Gasteiger partial charge in [-0.1, -0.05) is 507 Å². The molecule has 8 unspecified atom stereocenters. The fourth-order valence-corrected chi connectivity index (χ4v) is 18.8. The van der Waals surface area contributed by atoms with Gasteiger partial charge in [-0.25, -0.2) is 0 Å². The zero-order chi connectivity index (χ0) is 109. The van der Waals surface area contributed by atoms with Crippen LogP contribution in [0.25, 0.3) is 0 Å². The van der Waals surface area contributed by atoms with Gasteiger partial charge in [-0.05, 0) is 272 Å². The zero-order valence-electron chi connectivity index (χ0n) is 96.5. The van der Waals surface area contributed by atoms with E-state index in [1.807, 2.05) is 119 Å². The molecule has 4 aliphatic rings. The normalized spacial score (nSPS) is 15.7. The molecule has 4 N–H and O–H groups in total. The summed E-state index contributed by atoms with van der Waals surface area (Å²) in [6, 6.07) is 93.8. The van der Waals surface area contributed by atoms with Crippen molar-refractivity contribution in [3.63, 3.8) is 0 Å². The van der Waals surface area contributed by atoms with Crippen molar-refractivity contribution >= 4 is 29.2 Å². The fourth-order valence-electron chi connectivity index (χ4n) is 18.2. The Balaban J connectivity index is 0.000000536. The van der Waals surface area contributed by atoms with Crippen LogP contribution in [0.2, 0.25) is 0 Å². The lowest BCUT2D eigenvalue weighted by Gasteiger charge is -2.34. The molecule has 10 aromatic rings. The summed E-state index contributed by atoms with van der Waals surface area (Å²) in [6.45, 7) is 69.2. The van der Waals surface area contributed by atoms with E-state index in [0.29, 0.717) is 35.0 Å². The first-order valence-electron chi connectivity index (χ1n) is 55.6. The van der Waals surface area contributed by atoms with Crippen molar-refractivity contribution in [2.24, 2.45) is 106 Å². The quantitative estimate of drug-likeness (QED) is 0.0345. The first-order valence-corrected chi connectivity index (χ1v) is 56.6. The molecular weight excluding hydrogens is 1800 g/mol. The standard InChI is InChI=1S/C15H22O2.C15H24.2C12H16O2.C12H16.2C12H18.C10H14O.C10H14.C9H18.C8H12S.C6H12.C2H4O2/c1-12(2)15(13-8-4-3-5-9-13)17-14-10-6-7-11-16-14;1-12(2)14(15(3,4)5)11-13-9-7-6-8-10-13;1-9(2)7-10-3-5-11(6-4-10)8-12(13)14;1-9(2)11(12(13)14)8-10-6-4-3-5-7-10;1-9(2)11-8-12(11)10-6-4-3-5-7-10;1-10(2)12(3,4)11-8-6-5-7-9-11;1-4-12(10(2)3)11-8-6-5-7-9-11;1-8(2)10(11)9-6-4-3-5-7-9;1-9(2)8-10-6-4-3-5-7-10;1-8(2)9-6-4-3-5-7-9;1-7(2)5-8-3-4-9-6-8;1-5(2)6-3-4-6;1-2(3)4/h3-5,8-9,12,14-15H,6-7,10-11H2,1-2H3;6-10,12,14H,11H2,1-5H3;3-6,9H,7-8H2,1-2H3,(H,13,14);3-7,9,11H,8H2,1-2H3,(H,13,14);3-7,9,11-12H,8H2,1-2H3;5-10H,1-4H3;5-10,12H,4H2,1-3H3;3-8,10-11H,1-2H3;3-7,9H,8H2,1-2H3;8-9H,3-7H2,1-2H3;3-4,6-7H,5H2,1-2H3;5-6H,3-4H2,1-2H3;1H3,(H,3,4). The van der Waals surface area contributed by atoms with Gasteiger partial charge >= 0.3 is 11.9 Å². The van der Waals surface area contributed by atoms with Crippen molar-refractivity contribution in [1.82, 2.24) is 0 Å². The maximum Gasteiger partial charge on any atom is 0.307 e. The molecule has 8 atom stereocenters. The third-order valence-corrected chi connectivity index (χ3v) is 28.6. The number of carbonyl (C=O) groups is 3. The van der Waals surface area contributed by atoms with Crippen molar-refractivity contribution in [3.05, 3.63) is 345 Å². The molecule has 9 nitrogen and oxygen atoms in total. The molecule has 0 amide bonds. The molecule has 0 bridgehead atoms. The molecule has 3 aliphatic carbocycles. The number of rotatable bonds is 30. The van der Waals surface area contributed by atoms with Crippen LogP contribution >= 0.6 is 11.3 Å². The number of thiophene rings is 1. The van der Waals surface area contributed by atoms with Crippen molar-refractivity contribution in [3.8, 4) is 0 Å². The highest BCUT2D eigenvalue weighted by molar-refractivity contribution is 7.08. The highest BCUT2D eigenvalue weighted by Gasteiger charge is 2.40. The number of aliphatic carboxylic acids is 3. The van der Waals surface area contributed by atoms with Gasteiger partial charge in [-0.15, -0.1) is 0 Å². The van der Waals surface area contributed by atoms with E-state index in [0.717, 1.165) is 126 Å². The van der Waals surface area contributed by atoms with Gasteiger partial charge in [0.2, 0.25) is 0 Å². The van der Waals surface area contributed by atoms with Crippen molar-refractivity contribution < 1.29 is 44.3 Å². The average molecular weight is 2000 g/mol. The Labute approximate surface area is 891 Å². The molecule has 804 valence electrons. The molecule has 2 heterocycles. The molecule has 1 saturated heterocycles. The van der Waals surface area contributed by atoms with Crippen LogP contribution in [0, 0.1) is 106 Å². The monoisotopic (exact) mass is 2000 g/mol. The Morgan fingerprint density at radius 3 is 1.10 bits per heavy atom. The Morgan fingerprint density at radius 1 is 0.393 bits per heavy atom. The second-order valence-electron chi connectivity index (χ2n) is 46.5. The van der Waals surface area contributed by atoms with Gasteiger partial charge in [-0.2, -0.15) is 11.3 Å². The van der Waals surface area contributed by atoms with Crippen molar-refractivity contribution in [2.45, 2.75) is 366 Å². The van der Waals surface area contributed by atoms with E-state index < -0.39 is 17.9 Å². The second-order valence-corrected chi connectivity index (χ2v) is 47.3. The first-order chi connectivity index (χ1) is 68.6. The van der Waals surface area contributed by atoms with E-state index in [1.165, 1.54) is 128 Å². The summed E-state index contributed by atoms with van der Waals surface area (Å²) in [6.07, 6.45) is 21.7. The largest absolute Gasteiger partial charge is 0.481 e. The zero-order valence-corrected chi connectivity index (χ0v) is 97.3. The minimum absolute atomic E-state index is 0.0173. The number of ether oxygens (including phenoxy) is 2. The van der Waals surface area contributed by atoms with Gasteiger partial charge in [0.25, 0.3) is 5.97 Å². The third-order valence-electron chi connectivity index (χ3n) is 27.8. The molecule has 0 radical (unpaired) electrons. The number of aliphatic hydroxyl groups is 1. The van der Waals surface area contributed by atoms with Gasteiger partial charge in [-0.3, -0.25) is 14.4 Å². The Morgan fingerprint density at radius 2 is 0.779 bits per heavy atom. The first kappa shape index (κ1) is 132. The van der Waals surface area contributed by atoms with Crippen LogP contribution in [0.1, 0.15) is 377 Å². The van der Waals surface area contributed by atoms with Crippen LogP contribution in [-0.2, 0) is 67.8 Å². The number of carboxylic acid groups (broad SMARTS) is 3. The lowest BCUT2D eigenvalue weighted by molar-refractivity contribution is -0.198. The molecule has 3 saturated carbocycles. The molecule has 1 aliphatic heterocycles. The molecule has 14 rings (SSSR count). The SMILES string of the molecule is CC(=O)O.CC(C)C(C)(C)c1ccccc1.CC(C)C(Cc1ccccc1)C(=O)O.CC(C)C(Cc1ccccc1)C(C)(C)C.CC(C)C(O)c1ccccc1.CC(C)C(OC1CCCCO1)c1ccccc1.CC(C)C1CC1.CC(C)C1CC1c1ccccc1.CC(C)C1CCCCC1.CC(C)Cc1ccc(CC(=O)O)cc1.CC(C)Cc1ccccc1.CC(C)Cc1ccsc1.CCC(c1ccccc1)C(C)C. The fraction of sp³-hybridized carbons (Fsp3) is 0.548. The van der Waals surface area contributed by atoms with E-state index in [2.05, 4.69) is 373 Å². The summed E-state index contributed by atoms with van der Waals surface area (Å²) in [5.74, 6) is 10.9. The van der Waals surface area contributed by atoms with E-state index in [9.17, 15) is 14.7 Å². The van der Waals surface area contributed by atoms with Gasteiger partial charge in [0.15, 0.2) is 6.29 Å². The second kappa shape index (κ2) is 74.8. The molecular formula is C135H204O9S. The van der Waals surface area contributed by atoms with Crippen LogP contribution in [-0.4, -0.2) is 51.2 Å². The van der Waals surface area contributed by atoms with Gasteiger partial charge in [0, 0.05) is 13.5 Å². The van der Waals surface area contributed by atoms with E-state index in [1.54, 1.807) is 11.3 Å². The van der Waals surface area contributed by atoms with Crippen LogP contribution in [0.15, 0.2) is 284 Å². The minimum Gasteiger partial charge on any atom is -0.481 e. The lowest BCUT2D eigenvalue weighted by Crippen LogP contribution is -2.27. The van der Waals surface area contributed by atoms with Gasteiger partial charge in [0.05, 0.1) is 24.5 Å². The molecule has 10 heteroatoms. The highest BCUT2D eigenvalue weighted by Crippen LogP contribution is 2.51.